The molecular weight excluding hydrogens is 268 g/mol. The molecule has 1 aromatic heterocycles. The van der Waals surface area contributed by atoms with Crippen LogP contribution in [-0.2, 0) is 42.3 Å². The Morgan fingerprint density at radius 2 is 1.88 bits per heavy atom. The molecule has 0 spiro atoms. The first-order valence-corrected chi connectivity index (χ1v) is 8.83. The number of furan rings is 1. The van der Waals surface area contributed by atoms with E-state index in [2.05, 4.69) is 0 Å². The van der Waals surface area contributed by atoms with Gasteiger partial charge in [0.15, 0.2) is 11.1 Å². The fourth-order valence-corrected chi connectivity index (χ4v) is 1.68. The van der Waals surface area contributed by atoms with Crippen LogP contribution in [0.15, 0.2) is 16.5 Å². The van der Waals surface area contributed by atoms with Gasteiger partial charge in [-0.2, -0.15) is 0 Å². The minimum atomic E-state index is -3.98. The van der Waals surface area contributed by atoms with E-state index in [-0.39, 0.29) is 13.2 Å². The van der Waals surface area contributed by atoms with Gasteiger partial charge in [0.1, 0.15) is 24.7 Å². The molecule has 17 heavy (non-hydrogen) atoms. The summed E-state index contributed by atoms with van der Waals surface area (Å²) in [6.45, 7) is -0.0241. The Labute approximate surface area is 102 Å². The second kappa shape index (κ2) is 4.99. The molecule has 1 N–H and O–H groups in total. The summed E-state index contributed by atoms with van der Waals surface area (Å²) < 4.78 is 46.4. The molecule has 0 saturated heterocycles. The first-order chi connectivity index (χ1) is 7.62. The summed E-state index contributed by atoms with van der Waals surface area (Å²) in [7, 11) is -3.98. The predicted octanol–water partition coefficient (Wildman–Crippen LogP) is 1.07. The zero-order valence-electron chi connectivity index (χ0n) is 9.87. The lowest BCUT2D eigenvalue weighted by Crippen LogP contribution is -2.30. The van der Waals surface area contributed by atoms with E-state index in [0.717, 1.165) is 12.5 Å². The molecule has 1 rings (SSSR count). The zero-order chi connectivity index (χ0) is 13.1. The standard InChI is InChI=1S/C9H16O6S2/c1-16(10)13-6-8-4-5-9(15-8)7-14-17(2,3,11)12/h4-5H,6-7H2,1-3H3,(H,11,12). The average molecular weight is 284 g/mol. The lowest BCUT2D eigenvalue weighted by atomic mass is 10.4. The summed E-state index contributed by atoms with van der Waals surface area (Å²) in [5, 5.41) is 0. The second-order valence-corrected chi connectivity index (χ2v) is 8.54. The number of rotatable bonds is 6. The maximum atomic E-state index is 11.4. The Kier molecular flexibility index (Phi) is 4.26. The largest absolute Gasteiger partial charge is 0.461 e. The van der Waals surface area contributed by atoms with Gasteiger partial charge in [0.05, 0.1) is 9.63 Å². The third-order valence-electron chi connectivity index (χ3n) is 1.62. The van der Waals surface area contributed by atoms with E-state index in [4.69, 9.17) is 12.8 Å². The van der Waals surface area contributed by atoms with Gasteiger partial charge >= 0.3 is 0 Å². The van der Waals surface area contributed by atoms with E-state index >= 15 is 0 Å². The molecular formula is C9H16O6S2. The lowest BCUT2D eigenvalue weighted by Gasteiger charge is -2.26. The molecule has 8 heteroatoms. The van der Waals surface area contributed by atoms with E-state index in [0.29, 0.717) is 11.5 Å². The predicted molar refractivity (Wildman–Crippen MR) is 65.0 cm³/mol. The van der Waals surface area contributed by atoms with Gasteiger partial charge in [0.25, 0.3) is 0 Å². The first kappa shape index (κ1) is 14.5. The van der Waals surface area contributed by atoms with Crippen molar-refractivity contribution in [3.05, 3.63) is 23.7 Å². The van der Waals surface area contributed by atoms with Crippen LogP contribution in [0.5, 0.6) is 0 Å². The van der Waals surface area contributed by atoms with Crippen molar-refractivity contribution in [2.24, 2.45) is 0 Å². The molecule has 1 atom stereocenters. The average Bonchev–Trinajstić information content (AvgIpc) is 2.57. The van der Waals surface area contributed by atoms with Gasteiger partial charge in [-0.1, -0.05) is 0 Å². The molecule has 0 aliphatic rings. The van der Waals surface area contributed by atoms with Crippen LogP contribution in [0.2, 0.25) is 0 Å². The van der Waals surface area contributed by atoms with Crippen molar-refractivity contribution >= 4 is 20.7 Å². The van der Waals surface area contributed by atoms with Gasteiger partial charge in [0, 0.05) is 18.8 Å². The lowest BCUT2D eigenvalue weighted by molar-refractivity contribution is 0.229. The van der Waals surface area contributed by atoms with Crippen LogP contribution in [0, 0.1) is 0 Å². The molecule has 0 aromatic carbocycles. The normalized spacial score (nSPS) is 16.4. The summed E-state index contributed by atoms with van der Waals surface area (Å²) in [6, 6.07) is 3.24. The van der Waals surface area contributed by atoms with Crippen LogP contribution in [0.1, 0.15) is 11.5 Å². The minimum Gasteiger partial charge on any atom is -0.461 e. The van der Waals surface area contributed by atoms with E-state index in [9.17, 15) is 13.0 Å². The van der Waals surface area contributed by atoms with Gasteiger partial charge in [-0.3, -0.25) is 8.37 Å². The maximum Gasteiger partial charge on any atom is 0.152 e. The van der Waals surface area contributed by atoms with Crippen LogP contribution >= 0.6 is 0 Å². The molecule has 1 heterocycles. The summed E-state index contributed by atoms with van der Waals surface area (Å²) in [6.07, 6.45) is 3.64. The topological polar surface area (TPSA) is 86.0 Å². The zero-order valence-corrected chi connectivity index (χ0v) is 11.5. The number of hydrogen-bond acceptors (Lipinski definition) is 5. The molecule has 0 aliphatic heterocycles. The second-order valence-electron chi connectivity index (χ2n) is 3.95. The Hall–Kier alpha value is -0.540. The summed E-state index contributed by atoms with van der Waals surface area (Å²) in [4.78, 5) is 0. The summed E-state index contributed by atoms with van der Waals surface area (Å²) >= 11 is -1.36. The summed E-state index contributed by atoms with van der Waals surface area (Å²) in [5.74, 6) is 0.884. The Morgan fingerprint density at radius 3 is 2.35 bits per heavy atom. The highest BCUT2D eigenvalue weighted by Gasteiger charge is 2.20. The Balaban J connectivity index is 2.52. The molecule has 1 unspecified atom stereocenters. The van der Waals surface area contributed by atoms with Crippen LogP contribution in [0.4, 0.5) is 0 Å². The van der Waals surface area contributed by atoms with E-state index in [1.807, 2.05) is 0 Å². The highest BCUT2D eigenvalue weighted by atomic mass is 32.3. The minimum absolute atomic E-state index is 0.0830. The maximum absolute atomic E-state index is 11.4. The van der Waals surface area contributed by atoms with E-state index in [1.165, 1.54) is 6.26 Å². The van der Waals surface area contributed by atoms with Crippen LogP contribution < -0.4 is 0 Å². The van der Waals surface area contributed by atoms with Crippen molar-refractivity contribution in [2.45, 2.75) is 13.2 Å². The molecule has 0 radical (unpaired) electrons. The first-order valence-electron chi connectivity index (χ1n) is 4.68. The third kappa shape index (κ3) is 6.69. The van der Waals surface area contributed by atoms with Gasteiger partial charge < -0.3 is 8.97 Å². The molecule has 0 amide bonds. The van der Waals surface area contributed by atoms with Crippen LogP contribution in [0.3, 0.4) is 0 Å². The van der Waals surface area contributed by atoms with Crippen molar-refractivity contribution in [3.8, 4) is 0 Å². The quantitative estimate of drug-likeness (QED) is 0.841. The fourth-order valence-electron chi connectivity index (χ4n) is 0.945. The van der Waals surface area contributed by atoms with Gasteiger partial charge in [-0.15, -0.1) is 0 Å². The smallest absolute Gasteiger partial charge is 0.152 e. The molecule has 0 bridgehead atoms. The van der Waals surface area contributed by atoms with Gasteiger partial charge in [-0.25, -0.2) is 8.42 Å². The van der Waals surface area contributed by atoms with Crippen molar-refractivity contribution in [2.75, 3.05) is 18.8 Å². The molecule has 0 aliphatic carbocycles. The van der Waals surface area contributed by atoms with Crippen molar-refractivity contribution < 1.29 is 25.8 Å². The Bertz CT molecular complexity index is 461. The van der Waals surface area contributed by atoms with E-state index < -0.39 is 20.7 Å². The van der Waals surface area contributed by atoms with Crippen LogP contribution in [-0.4, -0.2) is 31.7 Å². The monoisotopic (exact) mass is 284 g/mol. The van der Waals surface area contributed by atoms with Crippen molar-refractivity contribution in [1.29, 1.82) is 0 Å². The fraction of sp³-hybridized carbons (Fsp3) is 0.556. The van der Waals surface area contributed by atoms with Crippen molar-refractivity contribution in [3.63, 3.8) is 0 Å². The highest BCUT2D eigenvalue weighted by Crippen LogP contribution is 2.18. The SMILES string of the molecule is CS(=O)OCc1ccc(COS(C)(C)(=O)O)o1. The molecule has 1 aromatic rings. The van der Waals surface area contributed by atoms with Crippen LogP contribution in [0.25, 0.3) is 0 Å². The molecule has 6 nitrogen and oxygen atoms in total. The molecule has 0 saturated carbocycles. The molecule has 100 valence electrons. The highest BCUT2D eigenvalue weighted by molar-refractivity contribution is 8.09. The third-order valence-corrected chi connectivity index (χ3v) is 2.86. The molecule has 0 fully saturated rings. The Morgan fingerprint density at radius 1 is 1.35 bits per heavy atom. The van der Waals surface area contributed by atoms with E-state index in [1.54, 1.807) is 12.1 Å². The summed E-state index contributed by atoms with van der Waals surface area (Å²) in [5.41, 5.74) is 0. The van der Waals surface area contributed by atoms with Gasteiger partial charge in [-0.05, 0) is 12.1 Å². The van der Waals surface area contributed by atoms with Gasteiger partial charge in [0.2, 0.25) is 0 Å². The van der Waals surface area contributed by atoms with Crippen molar-refractivity contribution in [1.82, 2.24) is 0 Å². The number of hydrogen-bond donors (Lipinski definition) is 1.